The summed E-state index contributed by atoms with van der Waals surface area (Å²) in [5.74, 6) is 16.8. The van der Waals surface area contributed by atoms with Gasteiger partial charge < -0.3 is 0 Å². The second-order valence-corrected chi connectivity index (χ2v) is 11.0. The molecular weight excluding hydrogens is 412 g/mol. The van der Waals surface area contributed by atoms with E-state index in [0.29, 0.717) is 17.7 Å². The van der Waals surface area contributed by atoms with Crippen molar-refractivity contribution in [2.45, 2.75) is 130 Å². The Kier molecular flexibility index (Phi) is 11.5. The summed E-state index contributed by atoms with van der Waals surface area (Å²) < 4.78 is 0. The Morgan fingerprint density at radius 2 is 1.62 bits per heavy atom. The van der Waals surface area contributed by atoms with Crippen LogP contribution in [0.2, 0.25) is 0 Å². The largest absolute Gasteiger partial charge is 0.228 e. The summed E-state index contributed by atoms with van der Waals surface area (Å²) in [6, 6.07) is 0. The van der Waals surface area contributed by atoms with Gasteiger partial charge in [-0.2, -0.15) is 0 Å². The Labute approximate surface area is 210 Å². The van der Waals surface area contributed by atoms with E-state index in [1.54, 1.807) is 0 Å². The molecule has 1 heterocycles. The van der Waals surface area contributed by atoms with Gasteiger partial charge in [0.15, 0.2) is 0 Å². The molecule has 186 valence electrons. The van der Waals surface area contributed by atoms with Crippen molar-refractivity contribution in [1.82, 2.24) is 9.97 Å². The maximum absolute atomic E-state index is 4.54. The van der Waals surface area contributed by atoms with E-state index < -0.39 is 0 Å². The summed E-state index contributed by atoms with van der Waals surface area (Å²) in [7, 11) is 0. The van der Waals surface area contributed by atoms with Crippen molar-refractivity contribution in [2.75, 3.05) is 0 Å². The highest BCUT2D eigenvalue weighted by Crippen LogP contribution is 2.45. The quantitative estimate of drug-likeness (QED) is 0.272. The topological polar surface area (TPSA) is 25.8 Å². The van der Waals surface area contributed by atoms with Gasteiger partial charge in [0, 0.05) is 23.7 Å². The normalized spacial score (nSPS) is 22.7. The smallest absolute Gasteiger partial charge is 0.204 e. The maximum atomic E-state index is 4.54. The molecule has 0 N–H and O–H groups in total. The Bertz CT molecular complexity index is 818. The molecule has 1 atom stereocenters. The fourth-order valence-corrected chi connectivity index (χ4v) is 6.31. The molecule has 0 radical (unpaired) electrons. The van der Waals surface area contributed by atoms with E-state index in [2.05, 4.69) is 54.4 Å². The van der Waals surface area contributed by atoms with E-state index in [9.17, 15) is 0 Å². The minimum absolute atomic E-state index is 0.191. The molecule has 0 bridgehead atoms. The Morgan fingerprint density at radius 1 is 0.882 bits per heavy atom. The predicted molar refractivity (Wildman–Crippen MR) is 144 cm³/mol. The lowest BCUT2D eigenvalue weighted by Crippen LogP contribution is -2.31. The van der Waals surface area contributed by atoms with Crippen LogP contribution in [0.4, 0.5) is 0 Å². The molecule has 1 aromatic heterocycles. The van der Waals surface area contributed by atoms with Gasteiger partial charge in [-0.25, -0.2) is 9.97 Å². The van der Waals surface area contributed by atoms with Gasteiger partial charge in [-0.05, 0) is 62.7 Å². The summed E-state index contributed by atoms with van der Waals surface area (Å²) in [6.07, 6.45) is 26.2. The summed E-state index contributed by atoms with van der Waals surface area (Å²) in [5.41, 5.74) is 1.13. The van der Waals surface area contributed by atoms with Crippen molar-refractivity contribution in [3.05, 3.63) is 23.8 Å². The monoisotopic (exact) mass is 460 g/mol. The Hall–Kier alpha value is -1.80. The van der Waals surface area contributed by atoms with E-state index in [-0.39, 0.29) is 5.41 Å². The number of hydrogen-bond acceptors (Lipinski definition) is 2. The minimum Gasteiger partial charge on any atom is -0.228 e. The van der Waals surface area contributed by atoms with Gasteiger partial charge in [0.25, 0.3) is 0 Å². The lowest BCUT2D eigenvalue weighted by Gasteiger charge is -2.39. The number of rotatable bonds is 9. The van der Waals surface area contributed by atoms with Crippen molar-refractivity contribution in [3.8, 4) is 23.7 Å². The second-order valence-electron chi connectivity index (χ2n) is 11.0. The molecule has 0 spiro atoms. The molecule has 0 aromatic carbocycles. The summed E-state index contributed by atoms with van der Waals surface area (Å²) >= 11 is 0. The Morgan fingerprint density at radius 3 is 2.26 bits per heavy atom. The third-order valence-electron chi connectivity index (χ3n) is 8.47. The van der Waals surface area contributed by atoms with Gasteiger partial charge in [0.1, 0.15) is 0 Å². The molecule has 2 saturated carbocycles. The molecule has 1 unspecified atom stereocenters. The van der Waals surface area contributed by atoms with Crippen LogP contribution in [0.3, 0.4) is 0 Å². The standard InChI is InChI=1S/C32H48N2/c1-4-7-8-10-14-27-15-17-28(18-16-27)19-20-31-33-25-29(26-34-31)21-24-32(22-11-9-12-23-32)30(6-3)13-5-2/h25-28,30H,4-18,22-23H2,1-3H3. The van der Waals surface area contributed by atoms with Crippen LogP contribution in [0.25, 0.3) is 0 Å². The predicted octanol–water partition coefficient (Wildman–Crippen LogP) is 8.73. The van der Waals surface area contributed by atoms with Crippen molar-refractivity contribution in [3.63, 3.8) is 0 Å². The van der Waals surface area contributed by atoms with Crippen LogP contribution in [-0.2, 0) is 0 Å². The van der Waals surface area contributed by atoms with Gasteiger partial charge in [0.2, 0.25) is 5.82 Å². The SMILES string of the molecule is CCCCCCC1CCC(C#Cc2ncc(C#CC3(C(CC)CCC)CCCCC3)cn2)CC1. The van der Waals surface area contributed by atoms with Crippen LogP contribution in [0.5, 0.6) is 0 Å². The van der Waals surface area contributed by atoms with Crippen LogP contribution in [0.1, 0.15) is 141 Å². The summed E-state index contributed by atoms with van der Waals surface area (Å²) in [4.78, 5) is 9.07. The van der Waals surface area contributed by atoms with Gasteiger partial charge >= 0.3 is 0 Å². The van der Waals surface area contributed by atoms with Gasteiger partial charge in [-0.15, -0.1) is 0 Å². The van der Waals surface area contributed by atoms with Crippen molar-refractivity contribution < 1.29 is 0 Å². The molecule has 2 heteroatoms. The van der Waals surface area contributed by atoms with E-state index in [1.165, 1.54) is 109 Å². The number of hydrogen-bond donors (Lipinski definition) is 0. The first-order valence-corrected chi connectivity index (χ1v) is 14.6. The van der Waals surface area contributed by atoms with Gasteiger partial charge in [-0.1, -0.05) is 103 Å². The molecule has 2 aliphatic carbocycles. The highest BCUT2D eigenvalue weighted by atomic mass is 14.8. The molecule has 2 nitrogen and oxygen atoms in total. The summed E-state index contributed by atoms with van der Waals surface area (Å²) in [5, 5.41) is 0. The first-order chi connectivity index (χ1) is 16.7. The maximum Gasteiger partial charge on any atom is 0.204 e. The molecule has 34 heavy (non-hydrogen) atoms. The lowest BCUT2D eigenvalue weighted by molar-refractivity contribution is 0.152. The third-order valence-corrected chi connectivity index (χ3v) is 8.47. The van der Waals surface area contributed by atoms with Crippen LogP contribution in [0, 0.1) is 46.9 Å². The molecule has 0 amide bonds. The zero-order chi connectivity index (χ0) is 24.1. The second kappa shape index (κ2) is 14.6. The van der Waals surface area contributed by atoms with Gasteiger partial charge in [0.05, 0.1) is 5.56 Å². The average molecular weight is 461 g/mol. The average Bonchev–Trinajstić information content (AvgIpc) is 2.89. The van der Waals surface area contributed by atoms with E-state index >= 15 is 0 Å². The van der Waals surface area contributed by atoms with Crippen molar-refractivity contribution in [2.24, 2.45) is 23.2 Å². The fraction of sp³-hybridized carbons (Fsp3) is 0.750. The third kappa shape index (κ3) is 8.15. The van der Waals surface area contributed by atoms with Gasteiger partial charge in [-0.3, -0.25) is 0 Å². The first kappa shape index (κ1) is 26.8. The van der Waals surface area contributed by atoms with Crippen LogP contribution >= 0.6 is 0 Å². The number of nitrogens with zero attached hydrogens (tertiary/aromatic N) is 2. The van der Waals surface area contributed by atoms with Crippen LogP contribution < -0.4 is 0 Å². The first-order valence-electron chi connectivity index (χ1n) is 14.6. The zero-order valence-electron chi connectivity index (χ0n) is 22.3. The lowest BCUT2D eigenvalue weighted by atomic mass is 9.64. The van der Waals surface area contributed by atoms with E-state index in [0.717, 1.165) is 11.5 Å². The van der Waals surface area contributed by atoms with Crippen LogP contribution in [0.15, 0.2) is 12.4 Å². The summed E-state index contributed by atoms with van der Waals surface area (Å²) in [6.45, 7) is 6.94. The molecule has 3 rings (SSSR count). The molecule has 0 aliphatic heterocycles. The molecule has 2 fully saturated rings. The van der Waals surface area contributed by atoms with Crippen molar-refractivity contribution >= 4 is 0 Å². The molecule has 2 aliphatic rings. The Balaban J connectivity index is 1.54. The zero-order valence-corrected chi connectivity index (χ0v) is 22.3. The van der Waals surface area contributed by atoms with E-state index in [4.69, 9.17) is 0 Å². The minimum atomic E-state index is 0.191. The van der Waals surface area contributed by atoms with E-state index in [1.807, 2.05) is 12.4 Å². The highest BCUT2D eigenvalue weighted by Gasteiger charge is 2.36. The number of aromatic nitrogens is 2. The molecule has 0 saturated heterocycles. The highest BCUT2D eigenvalue weighted by molar-refractivity contribution is 5.34. The number of unbranched alkanes of at least 4 members (excludes halogenated alkanes) is 3. The van der Waals surface area contributed by atoms with Crippen molar-refractivity contribution in [1.29, 1.82) is 0 Å². The van der Waals surface area contributed by atoms with Crippen LogP contribution in [-0.4, -0.2) is 9.97 Å². The molecular formula is C32H48N2. The fourth-order valence-electron chi connectivity index (χ4n) is 6.31. The molecule has 1 aromatic rings.